The number of hydrogen-bond acceptors (Lipinski definition) is 5. The van der Waals surface area contributed by atoms with Crippen molar-refractivity contribution in [3.63, 3.8) is 0 Å². The van der Waals surface area contributed by atoms with E-state index in [1.807, 2.05) is 0 Å². The molecule has 0 atom stereocenters. The second-order valence-corrected chi connectivity index (χ2v) is 8.59. The highest BCUT2D eigenvalue weighted by molar-refractivity contribution is 7.89. The zero-order valence-corrected chi connectivity index (χ0v) is 17.7. The first-order valence-electron chi connectivity index (χ1n) is 9.30. The second kappa shape index (κ2) is 7.77. The molecule has 3 N–H and O–H groups in total. The van der Waals surface area contributed by atoms with Crippen LogP contribution in [0, 0.1) is 25.5 Å². The van der Waals surface area contributed by atoms with Gasteiger partial charge in [0.05, 0.1) is 16.8 Å². The Hall–Kier alpha value is -3.70. The molecule has 0 unspecified atom stereocenters. The summed E-state index contributed by atoms with van der Waals surface area (Å²) in [5, 5.41) is 5.26. The van der Waals surface area contributed by atoms with Gasteiger partial charge in [-0.25, -0.2) is 37.0 Å². The molecule has 1 amide bonds. The zero-order chi connectivity index (χ0) is 23.2. The van der Waals surface area contributed by atoms with Crippen LogP contribution >= 0.6 is 0 Å². The Morgan fingerprint density at radius 2 is 1.81 bits per heavy atom. The monoisotopic (exact) mass is 457 g/mol. The summed E-state index contributed by atoms with van der Waals surface area (Å²) >= 11 is 0. The minimum atomic E-state index is -4.26. The van der Waals surface area contributed by atoms with E-state index >= 15 is 0 Å². The zero-order valence-electron chi connectivity index (χ0n) is 16.9. The predicted molar refractivity (Wildman–Crippen MR) is 114 cm³/mol. The van der Waals surface area contributed by atoms with E-state index in [0.717, 1.165) is 16.8 Å². The molecule has 32 heavy (non-hydrogen) atoms. The molecule has 8 nitrogen and oxygen atoms in total. The van der Waals surface area contributed by atoms with Crippen LogP contribution in [-0.2, 0) is 10.0 Å². The number of nitrogens with two attached hydrogens (primary N) is 1. The summed E-state index contributed by atoms with van der Waals surface area (Å²) in [7, 11) is -4.26. The average molecular weight is 457 g/mol. The van der Waals surface area contributed by atoms with E-state index in [1.165, 1.54) is 37.4 Å². The normalized spacial score (nSPS) is 11.7. The Labute approximate surface area is 181 Å². The number of hydrogen-bond donors (Lipinski definition) is 2. The van der Waals surface area contributed by atoms with Crippen molar-refractivity contribution in [1.29, 1.82) is 0 Å². The first-order valence-corrected chi connectivity index (χ1v) is 10.8. The fraction of sp³-hybridized carbons (Fsp3) is 0.0952. The molecule has 0 aliphatic carbocycles. The summed E-state index contributed by atoms with van der Waals surface area (Å²) in [6, 6.07) is 9.33. The van der Waals surface area contributed by atoms with Gasteiger partial charge in [-0.1, -0.05) is 12.1 Å². The fourth-order valence-electron chi connectivity index (χ4n) is 3.47. The molecular formula is C21H17F2N5O3S. The summed E-state index contributed by atoms with van der Waals surface area (Å²) in [4.78, 5) is 21.3. The van der Waals surface area contributed by atoms with Crippen LogP contribution in [0.5, 0.6) is 0 Å². The van der Waals surface area contributed by atoms with Crippen LogP contribution in [0.2, 0.25) is 0 Å². The smallest absolute Gasteiger partial charge is 0.267 e. The van der Waals surface area contributed by atoms with Crippen molar-refractivity contribution in [3.8, 4) is 11.4 Å². The number of primary sulfonamides is 1. The van der Waals surface area contributed by atoms with E-state index in [2.05, 4.69) is 15.4 Å². The summed E-state index contributed by atoms with van der Waals surface area (Å²) in [6.45, 7) is 3.03. The highest BCUT2D eigenvalue weighted by Gasteiger charge is 2.25. The van der Waals surface area contributed by atoms with Crippen molar-refractivity contribution in [3.05, 3.63) is 77.1 Å². The lowest BCUT2D eigenvalue weighted by Crippen LogP contribution is -2.29. The molecule has 0 aliphatic rings. The number of aromatic nitrogens is 3. The third-order valence-corrected chi connectivity index (χ3v) is 5.94. The lowest BCUT2D eigenvalue weighted by atomic mass is 10.2. The van der Waals surface area contributed by atoms with E-state index in [9.17, 15) is 22.0 Å². The van der Waals surface area contributed by atoms with E-state index < -0.39 is 27.6 Å². The summed E-state index contributed by atoms with van der Waals surface area (Å²) in [5.41, 5.74) is 3.70. The predicted octanol–water partition coefficient (Wildman–Crippen LogP) is 3.02. The molecule has 4 rings (SSSR count). The van der Waals surface area contributed by atoms with Crippen LogP contribution < -0.4 is 10.6 Å². The first-order chi connectivity index (χ1) is 15.1. The van der Waals surface area contributed by atoms with Crippen molar-refractivity contribution in [2.45, 2.75) is 18.9 Å². The number of carbonyl (C=O) groups excluding carboxylic acids is 1. The Balaban J connectivity index is 1.76. The lowest BCUT2D eigenvalue weighted by molar-refractivity contribution is 0.101. The van der Waals surface area contributed by atoms with Gasteiger partial charge in [0, 0.05) is 17.1 Å². The Bertz CT molecular complexity index is 1500. The maximum atomic E-state index is 13.7. The summed E-state index contributed by atoms with van der Waals surface area (Å²) in [5.74, 6) is -1.50. The van der Waals surface area contributed by atoms with Crippen molar-refractivity contribution in [2.24, 2.45) is 5.14 Å². The first kappa shape index (κ1) is 21.5. The van der Waals surface area contributed by atoms with Crippen LogP contribution in [0.25, 0.3) is 22.3 Å². The molecule has 2 heterocycles. The molecular weight excluding hydrogens is 440 g/mol. The SMILES string of the molecule is Cc1nc(-c2cccc(F)c2)ncc1C(=O)Nn1c(S(N)(=O)=O)c(C)c2cc(F)ccc21. The number of amides is 1. The minimum Gasteiger partial charge on any atom is -0.267 e. The van der Waals surface area contributed by atoms with E-state index in [1.54, 1.807) is 13.0 Å². The third kappa shape index (κ3) is 3.83. The number of nitrogens with one attached hydrogen (secondary N) is 1. The van der Waals surface area contributed by atoms with Crippen molar-refractivity contribution in [2.75, 3.05) is 5.43 Å². The molecule has 0 saturated heterocycles. The van der Waals surface area contributed by atoms with E-state index in [4.69, 9.17) is 5.14 Å². The van der Waals surface area contributed by atoms with Gasteiger partial charge in [-0.2, -0.15) is 0 Å². The van der Waals surface area contributed by atoms with E-state index in [0.29, 0.717) is 5.56 Å². The van der Waals surface area contributed by atoms with Crippen molar-refractivity contribution >= 4 is 26.8 Å². The maximum absolute atomic E-state index is 13.7. The van der Waals surface area contributed by atoms with Gasteiger partial charge in [0.1, 0.15) is 11.6 Å². The number of nitrogens with zero attached hydrogens (tertiary/aromatic N) is 3. The molecule has 0 radical (unpaired) electrons. The molecule has 2 aromatic heterocycles. The number of sulfonamides is 1. The minimum absolute atomic E-state index is 0.0622. The van der Waals surface area contributed by atoms with Gasteiger partial charge in [-0.05, 0) is 49.7 Å². The standard InChI is InChI=1S/C21H17F2N5O3S/c1-11-16-9-15(23)6-7-18(16)28(21(11)32(24,30)31)27-20(29)17-10-25-19(26-12(17)2)13-4-3-5-14(22)8-13/h3-10H,1-2H3,(H,27,29)(H2,24,30,31). The molecule has 0 fully saturated rings. The van der Waals surface area contributed by atoms with Gasteiger partial charge in [-0.15, -0.1) is 0 Å². The average Bonchev–Trinajstić information content (AvgIpc) is 2.99. The number of fused-ring (bicyclic) bond motifs is 1. The number of carbonyl (C=O) groups is 1. The quantitative estimate of drug-likeness (QED) is 0.488. The Morgan fingerprint density at radius 3 is 2.47 bits per heavy atom. The fourth-order valence-corrected chi connectivity index (χ4v) is 4.40. The number of aryl methyl sites for hydroxylation is 2. The Kier molecular flexibility index (Phi) is 5.23. The van der Waals surface area contributed by atoms with Crippen molar-refractivity contribution < 1.29 is 22.0 Å². The highest BCUT2D eigenvalue weighted by atomic mass is 32.2. The molecule has 2 aromatic carbocycles. The van der Waals surface area contributed by atoms with Gasteiger partial charge in [-0.3, -0.25) is 10.2 Å². The van der Waals surface area contributed by atoms with Crippen LogP contribution in [0.15, 0.2) is 53.7 Å². The Morgan fingerprint density at radius 1 is 1.09 bits per heavy atom. The van der Waals surface area contributed by atoms with E-state index in [-0.39, 0.29) is 38.6 Å². The molecule has 164 valence electrons. The van der Waals surface area contributed by atoms with Crippen molar-refractivity contribution in [1.82, 2.24) is 14.6 Å². The second-order valence-electron chi connectivity index (χ2n) is 7.12. The molecule has 0 spiro atoms. The van der Waals surface area contributed by atoms with Gasteiger partial charge in [0.25, 0.3) is 15.9 Å². The molecule has 11 heteroatoms. The molecule has 0 saturated carbocycles. The van der Waals surface area contributed by atoms with Crippen LogP contribution in [0.4, 0.5) is 8.78 Å². The number of benzene rings is 2. The number of halogens is 2. The highest BCUT2D eigenvalue weighted by Crippen LogP contribution is 2.28. The molecule has 4 aromatic rings. The maximum Gasteiger partial charge on any atom is 0.273 e. The molecule has 0 bridgehead atoms. The van der Waals surface area contributed by atoms with Crippen LogP contribution in [0.3, 0.4) is 0 Å². The summed E-state index contributed by atoms with van der Waals surface area (Å²) < 4.78 is 52.6. The molecule has 0 aliphatic heterocycles. The summed E-state index contributed by atoms with van der Waals surface area (Å²) in [6.07, 6.45) is 1.26. The topological polar surface area (TPSA) is 120 Å². The number of rotatable bonds is 4. The lowest BCUT2D eigenvalue weighted by Gasteiger charge is -2.13. The van der Waals surface area contributed by atoms with Crippen LogP contribution in [0.1, 0.15) is 21.6 Å². The van der Waals surface area contributed by atoms with Gasteiger partial charge >= 0.3 is 0 Å². The van der Waals surface area contributed by atoms with Gasteiger partial charge < -0.3 is 0 Å². The van der Waals surface area contributed by atoms with Gasteiger partial charge in [0.2, 0.25) is 0 Å². The van der Waals surface area contributed by atoms with Gasteiger partial charge in [0.15, 0.2) is 10.9 Å². The van der Waals surface area contributed by atoms with Crippen LogP contribution in [-0.4, -0.2) is 29.0 Å². The third-order valence-electron chi connectivity index (χ3n) is 4.92. The largest absolute Gasteiger partial charge is 0.273 e.